The van der Waals surface area contributed by atoms with Crippen LogP contribution in [-0.2, 0) is 0 Å². The largest absolute Gasteiger partial charge is 0.396 e. The third kappa shape index (κ3) is 1.50. The minimum absolute atomic E-state index is 0.208. The number of aromatic nitrogens is 4. The molecule has 7 heteroatoms. The van der Waals surface area contributed by atoms with E-state index in [1.807, 2.05) is 0 Å². The van der Waals surface area contributed by atoms with Crippen LogP contribution in [0.4, 0.5) is 5.82 Å². The summed E-state index contributed by atoms with van der Waals surface area (Å²) >= 11 is 0. The highest BCUT2D eigenvalue weighted by Crippen LogP contribution is 2.23. The van der Waals surface area contributed by atoms with E-state index in [-0.39, 0.29) is 12.3 Å². The number of nitrogens with zero attached hydrogens (tertiary/aromatic N) is 4. The van der Waals surface area contributed by atoms with Crippen LogP contribution in [-0.4, -0.2) is 44.4 Å². The van der Waals surface area contributed by atoms with Crippen molar-refractivity contribution in [3.8, 4) is 0 Å². The number of aromatic amines is 1. The van der Waals surface area contributed by atoms with Gasteiger partial charge >= 0.3 is 5.69 Å². The van der Waals surface area contributed by atoms with Gasteiger partial charge in [-0.25, -0.2) is 19.3 Å². The number of fused-ring (bicyclic) bond motifs is 1. The molecule has 3 rings (SSSR count). The van der Waals surface area contributed by atoms with Crippen molar-refractivity contribution in [2.75, 3.05) is 24.6 Å². The minimum Gasteiger partial charge on any atom is -0.396 e. The maximum atomic E-state index is 11.4. The zero-order valence-corrected chi connectivity index (χ0v) is 9.42. The summed E-state index contributed by atoms with van der Waals surface area (Å²) in [5, 5.41) is 15.3. The van der Waals surface area contributed by atoms with E-state index in [4.69, 9.17) is 5.11 Å². The molecule has 0 bridgehead atoms. The van der Waals surface area contributed by atoms with Crippen molar-refractivity contribution in [1.82, 2.24) is 19.6 Å². The molecule has 0 radical (unpaired) electrons. The van der Waals surface area contributed by atoms with Crippen LogP contribution >= 0.6 is 0 Å². The van der Waals surface area contributed by atoms with Crippen molar-refractivity contribution >= 4 is 11.5 Å². The maximum Gasteiger partial charge on any atom is 0.349 e. The molecule has 2 aromatic heterocycles. The van der Waals surface area contributed by atoms with Gasteiger partial charge in [0.15, 0.2) is 5.65 Å². The highest BCUT2D eigenvalue weighted by Gasteiger charge is 2.27. The van der Waals surface area contributed by atoms with Gasteiger partial charge in [0, 0.05) is 31.7 Å². The van der Waals surface area contributed by atoms with Crippen molar-refractivity contribution in [3.05, 3.63) is 22.4 Å². The van der Waals surface area contributed by atoms with Crippen LogP contribution in [0.5, 0.6) is 0 Å². The SMILES string of the molecule is Cc1nc(N2CC(CO)C2)cc2n[nH]c(=O)n12. The summed E-state index contributed by atoms with van der Waals surface area (Å²) in [4.78, 5) is 17.9. The van der Waals surface area contributed by atoms with Crippen molar-refractivity contribution in [2.24, 2.45) is 5.92 Å². The molecular formula is C10H13N5O2. The van der Waals surface area contributed by atoms with E-state index >= 15 is 0 Å². The molecule has 1 aliphatic rings. The number of H-pyrrole nitrogens is 1. The van der Waals surface area contributed by atoms with Crippen LogP contribution in [0.3, 0.4) is 0 Å². The summed E-state index contributed by atoms with van der Waals surface area (Å²) in [6.45, 7) is 3.58. The Labute approximate surface area is 96.7 Å². The Bertz CT molecular complexity index is 611. The molecule has 0 unspecified atom stereocenters. The first-order valence-electron chi connectivity index (χ1n) is 5.49. The second-order valence-electron chi connectivity index (χ2n) is 4.34. The smallest absolute Gasteiger partial charge is 0.349 e. The Morgan fingerprint density at radius 1 is 1.59 bits per heavy atom. The topological polar surface area (TPSA) is 86.5 Å². The number of aliphatic hydroxyl groups is 1. The van der Waals surface area contributed by atoms with Gasteiger partial charge in [0.25, 0.3) is 0 Å². The van der Waals surface area contributed by atoms with Gasteiger partial charge in [0.05, 0.1) is 0 Å². The fourth-order valence-electron chi connectivity index (χ4n) is 2.12. The fourth-order valence-corrected chi connectivity index (χ4v) is 2.12. The normalized spacial score (nSPS) is 16.5. The van der Waals surface area contributed by atoms with Gasteiger partial charge in [0.1, 0.15) is 11.6 Å². The van der Waals surface area contributed by atoms with Crippen molar-refractivity contribution in [1.29, 1.82) is 0 Å². The third-order valence-corrected chi connectivity index (χ3v) is 3.10. The molecule has 0 amide bonds. The predicted molar refractivity (Wildman–Crippen MR) is 61.1 cm³/mol. The second kappa shape index (κ2) is 3.56. The molecule has 90 valence electrons. The molecule has 2 aromatic rings. The molecule has 0 aliphatic carbocycles. The predicted octanol–water partition coefficient (Wildman–Crippen LogP) is -0.845. The van der Waals surface area contributed by atoms with Crippen LogP contribution < -0.4 is 10.6 Å². The highest BCUT2D eigenvalue weighted by molar-refractivity contribution is 5.52. The van der Waals surface area contributed by atoms with Crippen molar-refractivity contribution < 1.29 is 5.11 Å². The van der Waals surface area contributed by atoms with E-state index in [9.17, 15) is 4.79 Å². The Morgan fingerprint density at radius 2 is 2.35 bits per heavy atom. The highest BCUT2D eigenvalue weighted by atomic mass is 16.3. The van der Waals surface area contributed by atoms with Crippen molar-refractivity contribution in [2.45, 2.75) is 6.92 Å². The van der Waals surface area contributed by atoms with Crippen LogP contribution in [0.1, 0.15) is 5.82 Å². The molecule has 17 heavy (non-hydrogen) atoms. The van der Waals surface area contributed by atoms with Gasteiger partial charge in [0.2, 0.25) is 0 Å². The molecule has 0 atom stereocenters. The van der Waals surface area contributed by atoms with Crippen LogP contribution in [0, 0.1) is 12.8 Å². The number of anilines is 1. The molecule has 1 fully saturated rings. The lowest BCUT2D eigenvalue weighted by Crippen LogP contribution is -2.48. The lowest BCUT2D eigenvalue weighted by atomic mass is 10.0. The molecule has 0 spiro atoms. The summed E-state index contributed by atoms with van der Waals surface area (Å²) < 4.78 is 1.44. The van der Waals surface area contributed by atoms with Crippen LogP contribution in [0.15, 0.2) is 10.9 Å². The van der Waals surface area contributed by atoms with E-state index in [0.29, 0.717) is 17.4 Å². The Balaban J connectivity index is 2.00. The van der Waals surface area contributed by atoms with Gasteiger partial charge in [-0.2, -0.15) is 5.10 Å². The minimum atomic E-state index is -0.270. The van der Waals surface area contributed by atoms with E-state index in [0.717, 1.165) is 18.9 Å². The van der Waals surface area contributed by atoms with Crippen molar-refractivity contribution in [3.63, 3.8) is 0 Å². The maximum absolute atomic E-state index is 11.4. The first kappa shape index (κ1) is 10.3. The fraction of sp³-hybridized carbons (Fsp3) is 0.500. The quantitative estimate of drug-likeness (QED) is 0.708. The summed E-state index contributed by atoms with van der Waals surface area (Å²) in [5.74, 6) is 1.75. The van der Waals surface area contributed by atoms with E-state index in [2.05, 4.69) is 20.1 Å². The van der Waals surface area contributed by atoms with E-state index in [1.54, 1.807) is 13.0 Å². The summed E-state index contributed by atoms with van der Waals surface area (Å²) in [6.07, 6.45) is 0. The average molecular weight is 235 g/mol. The summed E-state index contributed by atoms with van der Waals surface area (Å²) in [7, 11) is 0. The monoisotopic (exact) mass is 235 g/mol. The molecule has 3 heterocycles. The number of hydrogen-bond acceptors (Lipinski definition) is 5. The number of aryl methyl sites for hydroxylation is 1. The zero-order chi connectivity index (χ0) is 12.0. The molecule has 7 nitrogen and oxygen atoms in total. The van der Waals surface area contributed by atoms with E-state index < -0.39 is 0 Å². The second-order valence-corrected chi connectivity index (χ2v) is 4.34. The summed E-state index contributed by atoms with van der Waals surface area (Å²) in [6, 6.07) is 1.78. The van der Waals surface area contributed by atoms with Crippen LogP contribution in [0.25, 0.3) is 5.65 Å². The Kier molecular flexibility index (Phi) is 2.15. The lowest BCUT2D eigenvalue weighted by molar-refractivity contribution is 0.200. The average Bonchev–Trinajstić information content (AvgIpc) is 2.59. The molecule has 0 aromatic carbocycles. The Hall–Kier alpha value is -1.89. The van der Waals surface area contributed by atoms with Gasteiger partial charge < -0.3 is 10.0 Å². The number of aliphatic hydroxyl groups excluding tert-OH is 1. The van der Waals surface area contributed by atoms with Gasteiger partial charge in [-0.05, 0) is 6.92 Å². The first-order chi connectivity index (χ1) is 8.19. The van der Waals surface area contributed by atoms with Gasteiger partial charge in [-0.15, -0.1) is 0 Å². The van der Waals surface area contributed by atoms with Gasteiger partial charge in [-0.1, -0.05) is 0 Å². The van der Waals surface area contributed by atoms with E-state index in [1.165, 1.54) is 4.40 Å². The van der Waals surface area contributed by atoms with Crippen LogP contribution in [0.2, 0.25) is 0 Å². The molecule has 0 saturated carbocycles. The molecule has 1 saturated heterocycles. The lowest BCUT2D eigenvalue weighted by Gasteiger charge is -2.39. The number of rotatable bonds is 2. The first-order valence-corrected chi connectivity index (χ1v) is 5.49. The molecule has 2 N–H and O–H groups in total. The summed E-state index contributed by atoms with van der Waals surface area (Å²) in [5.41, 5.74) is 0.304. The Morgan fingerprint density at radius 3 is 3.06 bits per heavy atom. The number of nitrogens with one attached hydrogen (secondary N) is 1. The molecular weight excluding hydrogens is 222 g/mol. The molecule has 1 aliphatic heterocycles. The standard InChI is InChI=1S/C10H13N5O2/c1-6-11-8(14-3-7(4-14)5-16)2-9-12-13-10(17)15(6)9/h2,7,16H,3-5H2,1H3,(H,13,17). The number of hydrogen-bond donors (Lipinski definition) is 2. The van der Waals surface area contributed by atoms with Gasteiger partial charge in [-0.3, -0.25) is 0 Å². The zero-order valence-electron chi connectivity index (χ0n) is 9.42. The third-order valence-electron chi connectivity index (χ3n) is 3.10.